The molecule has 13 heavy (non-hydrogen) atoms. The van der Waals surface area contributed by atoms with E-state index in [4.69, 9.17) is 9.47 Å². The van der Waals surface area contributed by atoms with Gasteiger partial charge in [-0.3, -0.25) is 0 Å². The molecule has 0 spiro atoms. The first kappa shape index (κ1) is 10.1. The van der Waals surface area contributed by atoms with Crippen molar-refractivity contribution >= 4 is 0 Å². The van der Waals surface area contributed by atoms with Crippen LogP contribution in [0.3, 0.4) is 0 Å². The summed E-state index contributed by atoms with van der Waals surface area (Å²) in [6.07, 6.45) is 0.937. The third-order valence-electron chi connectivity index (χ3n) is 1.59. The van der Waals surface area contributed by atoms with Gasteiger partial charge in [0.15, 0.2) is 0 Å². The molecular formula is C11H15O2. The molecule has 71 valence electrons. The molecule has 0 heterocycles. The highest BCUT2D eigenvalue weighted by atomic mass is 16.5. The van der Waals surface area contributed by atoms with Crippen LogP contribution >= 0.6 is 0 Å². The Morgan fingerprint density at radius 2 is 2.00 bits per heavy atom. The Balaban J connectivity index is 2.07. The highest BCUT2D eigenvalue weighted by molar-refractivity contribution is 5.20. The molecule has 0 aliphatic carbocycles. The van der Waals surface area contributed by atoms with Gasteiger partial charge in [-0.2, -0.15) is 0 Å². The lowest BCUT2D eigenvalue weighted by atomic mass is 10.3. The summed E-state index contributed by atoms with van der Waals surface area (Å²) in [7, 11) is 0. The van der Waals surface area contributed by atoms with E-state index in [9.17, 15) is 0 Å². The Morgan fingerprint density at radius 3 is 2.69 bits per heavy atom. The van der Waals surface area contributed by atoms with E-state index in [0.717, 1.165) is 25.4 Å². The van der Waals surface area contributed by atoms with Crippen LogP contribution in [0.25, 0.3) is 0 Å². The van der Waals surface area contributed by atoms with Gasteiger partial charge < -0.3 is 9.47 Å². The third kappa shape index (κ3) is 4.53. The van der Waals surface area contributed by atoms with Crippen LogP contribution < -0.4 is 4.74 Å². The first-order valence-electron chi connectivity index (χ1n) is 4.60. The number of benzene rings is 1. The van der Waals surface area contributed by atoms with Crippen molar-refractivity contribution in [3.8, 4) is 5.75 Å². The van der Waals surface area contributed by atoms with Gasteiger partial charge in [0, 0.05) is 19.6 Å². The maximum absolute atomic E-state index is 5.45. The Hall–Kier alpha value is -1.02. The van der Waals surface area contributed by atoms with Gasteiger partial charge in [-0.25, -0.2) is 0 Å². The van der Waals surface area contributed by atoms with Crippen molar-refractivity contribution in [3.63, 3.8) is 0 Å². The summed E-state index contributed by atoms with van der Waals surface area (Å²) >= 11 is 0. The lowest BCUT2D eigenvalue weighted by Gasteiger charge is -2.05. The van der Waals surface area contributed by atoms with Gasteiger partial charge in [0.25, 0.3) is 0 Å². The lowest BCUT2D eigenvalue weighted by Crippen LogP contribution is -2.02. The van der Waals surface area contributed by atoms with Crippen molar-refractivity contribution in [1.29, 1.82) is 0 Å². The molecule has 0 aromatic heterocycles. The minimum absolute atomic E-state index is 0.712. The molecule has 0 amide bonds. The molecule has 1 aromatic rings. The van der Waals surface area contributed by atoms with E-state index in [1.165, 1.54) is 0 Å². The highest BCUT2D eigenvalue weighted by Gasteiger charge is 1.91. The summed E-state index contributed by atoms with van der Waals surface area (Å²) in [5.74, 6) is 0.898. The van der Waals surface area contributed by atoms with Gasteiger partial charge in [-0.1, -0.05) is 12.1 Å². The number of rotatable bonds is 6. The van der Waals surface area contributed by atoms with E-state index in [-0.39, 0.29) is 0 Å². The lowest BCUT2D eigenvalue weighted by molar-refractivity contribution is 0.131. The average molecular weight is 179 g/mol. The van der Waals surface area contributed by atoms with Crippen molar-refractivity contribution in [2.75, 3.05) is 19.8 Å². The second-order valence-electron chi connectivity index (χ2n) is 2.63. The molecule has 0 unspecified atom stereocenters. The summed E-state index contributed by atoms with van der Waals surface area (Å²) in [6, 6.07) is 10.4. The quantitative estimate of drug-likeness (QED) is 0.624. The summed E-state index contributed by atoms with van der Waals surface area (Å²) in [4.78, 5) is 0. The molecule has 0 aliphatic heterocycles. The smallest absolute Gasteiger partial charge is 0.119 e. The van der Waals surface area contributed by atoms with Gasteiger partial charge >= 0.3 is 0 Å². The van der Waals surface area contributed by atoms with E-state index in [1.807, 2.05) is 31.2 Å². The Morgan fingerprint density at radius 1 is 1.23 bits per heavy atom. The van der Waals surface area contributed by atoms with Crippen molar-refractivity contribution in [2.45, 2.75) is 13.3 Å². The zero-order valence-corrected chi connectivity index (χ0v) is 7.95. The van der Waals surface area contributed by atoms with E-state index in [2.05, 4.69) is 6.07 Å². The first-order valence-corrected chi connectivity index (χ1v) is 4.60. The molecule has 1 radical (unpaired) electrons. The van der Waals surface area contributed by atoms with Crippen LogP contribution in [0.1, 0.15) is 13.3 Å². The molecule has 2 nitrogen and oxygen atoms in total. The summed E-state index contributed by atoms with van der Waals surface area (Å²) < 4.78 is 10.6. The van der Waals surface area contributed by atoms with Crippen LogP contribution in [0.2, 0.25) is 0 Å². The molecule has 2 heteroatoms. The van der Waals surface area contributed by atoms with E-state index < -0.39 is 0 Å². The highest BCUT2D eigenvalue weighted by Crippen LogP contribution is 2.07. The number of ether oxygens (including phenoxy) is 2. The van der Waals surface area contributed by atoms with Crippen LogP contribution in [-0.4, -0.2) is 19.8 Å². The van der Waals surface area contributed by atoms with Crippen LogP contribution in [0.15, 0.2) is 24.3 Å². The fraction of sp³-hybridized carbons (Fsp3) is 0.455. The molecule has 1 aromatic carbocycles. The van der Waals surface area contributed by atoms with Gasteiger partial charge in [0.05, 0.1) is 6.61 Å². The molecule has 0 atom stereocenters. The standard InChI is InChI=1S/C11H15O2/c1-2-12-9-6-10-13-11-7-4-3-5-8-11/h4-5,7-8H,2,6,9-10H2,1H3. The summed E-state index contributed by atoms with van der Waals surface area (Å²) in [5, 5.41) is 0. The zero-order valence-electron chi connectivity index (χ0n) is 7.95. The summed E-state index contributed by atoms with van der Waals surface area (Å²) in [6.45, 7) is 4.26. The molecule has 0 saturated carbocycles. The van der Waals surface area contributed by atoms with Crippen LogP contribution in [-0.2, 0) is 4.74 Å². The Labute approximate surface area is 79.5 Å². The van der Waals surface area contributed by atoms with Crippen LogP contribution in [0.5, 0.6) is 5.75 Å². The second kappa shape index (κ2) is 6.49. The molecule has 0 fully saturated rings. The maximum atomic E-state index is 5.45. The van der Waals surface area contributed by atoms with Crippen LogP contribution in [0, 0.1) is 6.07 Å². The van der Waals surface area contributed by atoms with Crippen molar-refractivity contribution in [2.24, 2.45) is 0 Å². The van der Waals surface area contributed by atoms with Gasteiger partial charge in [-0.15, -0.1) is 0 Å². The molecular weight excluding hydrogens is 164 g/mol. The molecule has 0 aliphatic rings. The normalized spacial score (nSPS) is 9.92. The first-order chi connectivity index (χ1) is 6.43. The topological polar surface area (TPSA) is 18.5 Å². The SMILES string of the molecule is CCOCCCOc1cc[c]cc1. The van der Waals surface area contributed by atoms with E-state index >= 15 is 0 Å². The van der Waals surface area contributed by atoms with Gasteiger partial charge in [-0.05, 0) is 25.1 Å². The maximum Gasteiger partial charge on any atom is 0.119 e. The fourth-order valence-electron chi connectivity index (χ4n) is 0.963. The minimum atomic E-state index is 0.712. The monoisotopic (exact) mass is 179 g/mol. The zero-order chi connectivity index (χ0) is 9.36. The third-order valence-corrected chi connectivity index (χ3v) is 1.59. The average Bonchev–Trinajstić information content (AvgIpc) is 2.19. The van der Waals surface area contributed by atoms with Crippen molar-refractivity contribution in [1.82, 2.24) is 0 Å². The number of hydrogen-bond donors (Lipinski definition) is 0. The molecule has 0 bridgehead atoms. The molecule has 0 N–H and O–H groups in total. The summed E-state index contributed by atoms with van der Waals surface area (Å²) in [5.41, 5.74) is 0. The largest absolute Gasteiger partial charge is 0.494 e. The van der Waals surface area contributed by atoms with E-state index in [1.54, 1.807) is 0 Å². The van der Waals surface area contributed by atoms with E-state index in [0.29, 0.717) is 6.61 Å². The predicted molar refractivity (Wildman–Crippen MR) is 51.9 cm³/mol. The van der Waals surface area contributed by atoms with Gasteiger partial charge in [0.2, 0.25) is 0 Å². The molecule has 1 rings (SSSR count). The Bertz CT molecular complexity index is 209. The fourth-order valence-corrected chi connectivity index (χ4v) is 0.963. The Kier molecular flexibility index (Phi) is 5.02. The van der Waals surface area contributed by atoms with Gasteiger partial charge in [0.1, 0.15) is 5.75 Å². The number of hydrogen-bond acceptors (Lipinski definition) is 2. The van der Waals surface area contributed by atoms with Crippen molar-refractivity contribution < 1.29 is 9.47 Å². The second-order valence-corrected chi connectivity index (χ2v) is 2.63. The van der Waals surface area contributed by atoms with Crippen LogP contribution in [0.4, 0.5) is 0 Å². The minimum Gasteiger partial charge on any atom is -0.494 e. The van der Waals surface area contributed by atoms with Crippen molar-refractivity contribution in [3.05, 3.63) is 30.3 Å². The molecule has 0 saturated heterocycles. The predicted octanol–water partition coefficient (Wildman–Crippen LogP) is 2.29.